The van der Waals surface area contributed by atoms with Crippen molar-refractivity contribution in [2.45, 2.75) is 57.7 Å². The fourth-order valence-electron chi connectivity index (χ4n) is 4.00. The molecule has 0 atom stereocenters. The Morgan fingerprint density at radius 3 is 2.72 bits per heavy atom. The van der Waals surface area contributed by atoms with E-state index in [9.17, 15) is 14.4 Å². The van der Waals surface area contributed by atoms with Gasteiger partial charge in [-0.1, -0.05) is 31.4 Å². The Labute approximate surface area is 166 Å². The second-order valence-corrected chi connectivity index (χ2v) is 7.36. The van der Waals surface area contributed by atoms with Crippen LogP contribution >= 0.6 is 0 Å². The molecule has 1 amide bonds. The Hall–Kier alpha value is -3.41. The third-order valence-corrected chi connectivity index (χ3v) is 5.44. The zero-order valence-corrected chi connectivity index (χ0v) is 16.0. The highest BCUT2D eigenvalue weighted by atomic mass is 16.2. The van der Waals surface area contributed by atoms with Gasteiger partial charge in [0.15, 0.2) is 0 Å². The predicted octanol–water partition coefficient (Wildman–Crippen LogP) is 1.17. The lowest BCUT2D eigenvalue weighted by Gasteiger charge is -2.22. The van der Waals surface area contributed by atoms with E-state index < -0.39 is 5.69 Å². The maximum Gasteiger partial charge on any atom is 0.353 e. The SMILES string of the molecule is N#CCn1nc2n(CCC(=O)NC3CCCCC3)c(=O)c3ccccc3n2c1=O. The van der Waals surface area contributed by atoms with E-state index in [-0.39, 0.29) is 42.8 Å². The Morgan fingerprint density at radius 1 is 1.21 bits per heavy atom. The smallest absolute Gasteiger partial charge is 0.353 e. The van der Waals surface area contributed by atoms with Crippen molar-refractivity contribution in [3.8, 4) is 6.07 Å². The topological polar surface area (TPSA) is 114 Å². The number of carbonyl (C=O) groups excluding carboxylic acids is 1. The summed E-state index contributed by atoms with van der Waals surface area (Å²) >= 11 is 0. The van der Waals surface area contributed by atoms with Gasteiger partial charge in [-0.3, -0.25) is 14.2 Å². The van der Waals surface area contributed by atoms with E-state index in [1.54, 1.807) is 24.3 Å². The summed E-state index contributed by atoms with van der Waals surface area (Å²) in [5, 5.41) is 16.5. The van der Waals surface area contributed by atoms with Crippen molar-refractivity contribution in [1.29, 1.82) is 5.26 Å². The normalized spacial score (nSPS) is 14.9. The fourth-order valence-corrected chi connectivity index (χ4v) is 4.00. The van der Waals surface area contributed by atoms with Crippen LogP contribution in [-0.2, 0) is 17.9 Å². The van der Waals surface area contributed by atoms with E-state index in [1.807, 2.05) is 6.07 Å². The maximum absolute atomic E-state index is 13.0. The fraction of sp³-hybridized carbons (Fsp3) is 0.450. The van der Waals surface area contributed by atoms with Crippen LogP contribution in [0.2, 0.25) is 0 Å². The zero-order valence-electron chi connectivity index (χ0n) is 16.0. The highest BCUT2D eigenvalue weighted by Gasteiger charge is 2.19. The Morgan fingerprint density at radius 2 is 1.97 bits per heavy atom. The summed E-state index contributed by atoms with van der Waals surface area (Å²) in [4.78, 5) is 38.1. The molecule has 1 aliphatic carbocycles. The van der Waals surface area contributed by atoms with E-state index in [2.05, 4.69) is 10.4 Å². The number of benzene rings is 1. The summed E-state index contributed by atoms with van der Waals surface area (Å²) in [6.45, 7) is -0.111. The number of nitrogens with zero attached hydrogens (tertiary/aromatic N) is 5. The minimum atomic E-state index is -0.488. The summed E-state index contributed by atoms with van der Waals surface area (Å²) < 4.78 is 3.70. The lowest BCUT2D eigenvalue weighted by Crippen LogP contribution is -2.37. The van der Waals surface area contributed by atoms with Crippen molar-refractivity contribution in [2.75, 3.05) is 0 Å². The van der Waals surface area contributed by atoms with Crippen LogP contribution in [0, 0.1) is 11.3 Å². The molecule has 0 bridgehead atoms. The van der Waals surface area contributed by atoms with Gasteiger partial charge in [0.1, 0.15) is 6.54 Å². The summed E-state index contributed by atoms with van der Waals surface area (Å²) in [5.74, 6) is 0.0216. The molecule has 1 N–H and O–H groups in total. The number of amides is 1. The minimum Gasteiger partial charge on any atom is -0.353 e. The van der Waals surface area contributed by atoms with E-state index in [0.29, 0.717) is 10.9 Å². The molecule has 1 fully saturated rings. The molecule has 9 heteroatoms. The average molecular weight is 394 g/mol. The molecular formula is C20H22N6O3. The van der Waals surface area contributed by atoms with Crippen LogP contribution in [-0.4, -0.2) is 30.7 Å². The molecular weight excluding hydrogens is 372 g/mol. The second kappa shape index (κ2) is 7.91. The van der Waals surface area contributed by atoms with Gasteiger partial charge in [0, 0.05) is 19.0 Å². The van der Waals surface area contributed by atoms with Crippen LogP contribution in [0.1, 0.15) is 38.5 Å². The molecule has 29 heavy (non-hydrogen) atoms. The van der Waals surface area contributed by atoms with Crippen LogP contribution in [0.15, 0.2) is 33.9 Å². The Balaban J connectivity index is 1.71. The lowest BCUT2D eigenvalue weighted by molar-refractivity contribution is -0.122. The lowest BCUT2D eigenvalue weighted by atomic mass is 9.95. The van der Waals surface area contributed by atoms with Crippen LogP contribution in [0.25, 0.3) is 16.7 Å². The number of nitrogens with one attached hydrogen (secondary N) is 1. The molecule has 1 aromatic carbocycles. The molecule has 150 valence electrons. The van der Waals surface area contributed by atoms with Crippen molar-refractivity contribution in [1.82, 2.24) is 24.1 Å². The van der Waals surface area contributed by atoms with Gasteiger partial charge >= 0.3 is 5.69 Å². The summed E-state index contributed by atoms with van der Waals surface area (Å²) in [6.07, 6.45) is 5.53. The molecule has 0 spiro atoms. The first-order valence-electron chi connectivity index (χ1n) is 9.87. The van der Waals surface area contributed by atoms with Gasteiger partial charge in [0.2, 0.25) is 11.7 Å². The number of aromatic nitrogens is 4. The number of carbonyl (C=O) groups is 1. The molecule has 4 rings (SSSR count). The molecule has 1 aliphatic rings. The molecule has 0 radical (unpaired) electrons. The first-order valence-corrected chi connectivity index (χ1v) is 9.87. The number of fused-ring (bicyclic) bond motifs is 3. The summed E-state index contributed by atoms with van der Waals surface area (Å²) in [7, 11) is 0. The van der Waals surface area contributed by atoms with Gasteiger partial charge in [-0.05, 0) is 25.0 Å². The second-order valence-electron chi connectivity index (χ2n) is 7.36. The van der Waals surface area contributed by atoms with Gasteiger partial charge < -0.3 is 5.32 Å². The van der Waals surface area contributed by atoms with Crippen LogP contribution < -0.4 is 16.6 Å². The molecule has 2 heterocycles. The van der Waals surface area contributed by atoms with Crippen LogP contribution in [0.4, 0.5) is 0 Å². The monoisotopic (exact) mass is 394 g/mol. The van der Waals surface area contributed by atoms with Crippen molar-refractivity contribution in [3.63, 3.8) is 0 Å². The standard InChI is InChI=1S/C20H22N6O3/c21-11-13-25-20(29)26-16-9-5-4-8-15(16)18(28)24(19(26)23-25)12-10-17(27)22-14-6-2-1-3-7-14/h4-5,8-9,14H,1-3,6-7,10,12-13H2,(H,22,27). The number of rotatable bonds is 5. The minimum absolute atomic E-state index is 0.106. The molecule has 9 nitrogen and oxygen atoms in total. The van der Waals surface area contributed by atoms with E-state index in [1.165, 1.54) is 15.4 Å². The largest absolute Gasteiger partial charge is 0.353 e. The van der Waals surface area contributed by atoms with Crippen molar-refractivity contribution >= 4 is 22.6 Å². The average Bonchev–Trinajstić information content (AvgIpc) is 3.05. The number of aryl methyl sites for hydroxylation is 1. The van der Waals surface area contributed by atoms with Crippen LogP contribution in [0.5, 0.6) is 0 Å². The maximum atomic E-state index is 13.0. The van der Waals surface area contributed by atoms with Gasteiger partial charge in [0.25, 0.3) is 5.56 Å². The van der Waals surface area contributed by atoms with Crippen LogP contribution in [0.3, 0.4) is 0 Å². The van der Waals surface area contributed by atoms with Gasteiger partial charge in [-0.15, -0.1) is 5.10 Å². The third-order valence-electron chi connectivity index (χ3n) is 5.44. The first-order chi connectivity index (χ1) is 14.1. The van der Waals surface area contributed by atoms with Crippen molar-refractivity contribution < 1.29 is 4.79 Å². The molecule has 0 aliphatic heterocycles. The van der Waals surface area contributed by atoms with Gasteiger partial charge in [0.05, 0.1) is 17.0 Å². The Bertz CT molecular complexity index is 1220. The molecule has 0 saturated heterocycles. The first kappa shape index (κ1) is 18.9. The number of para-hydroxylation sites is 1. The highest BCUT2D eigenvalue weighted by Crippen LogP contribution is 2.17. The highest BCUT2D eigenvalue weighted by molar-refractivity contribution is 5.80. The molecule has 1 saturated carbocycles. The van der Waals surface area contributed by atoms with E-state index in [4.69, 9.17) is 5.26 Å². The Kier molecular flexibility index (Phi) is 5.16. The van der Waals surface area contributed by atoms with Crippen molar-refractivity contribution in [3.05, 3.63) is 45.1 Å². The molecule has 3 aromatic rings. The number of hydrogen-bond acceptors (Lipinski definition) is 5. The van der Waals surface area contributed by atoms with Gasteiger partial charge in [-0.2, -0.15) is 9.94 Å². The quantitative estimate of drug-likeness (QED) is 0.698. The third kappa shape index (κ3) is 3.53. The zero-order chi connectivity index (χ0) is 20.4. The number of hydrogen-bond donors (Lipinski definition) is 1. The predicted molar refractivity (Wildman–Crippen MR) is 106 cm³/mol. The van der Waals surface area contributed by atoms with E-state index >= 15 is 0 Å². The summed E-state index contributed by atoms with van der Waals surface area (Å²) in [5.41, 5.74) is -0.365. The molecule has 0 unspecified atom stereocenters. The van der Waals surface area contributed by atoms with Gasteiger partial charge in [-0.25, -0.2) is 9.20 Å². The molecule has 2 aromatic heterocycles. The van der Waals surface area contributed by atoms with Crippen molar-refractivity contribution in [2.24, 2.45) is 0 Å². The summed E-state index contributed by atoms with van der Waals surface area (Å²) in [6, 6.07) is 8.86. The van der Waals surface area contributed by atoms with E-state index in [0.717, 1.165) is 30.4 Å². The number of nitriles is 1.